The number of rotatable bonds is 44. The Hall–Kier alpha value is -1.66. The Morgan fingerprint density at radius 1 is 0.491 bits per heavy atom. The molecule has 55 heavy (non-hydrogen) atoms. The quantitative estimate of drug-likeness (QED) is 0.0325. The second-order valence-corrected chi connectivity index (χ2v) is 16.4. The number of unbranched alkanes of at least 4 members (excludes halogenated alkanes) is 31. The zero-order valence-corrected chi connectivity index (χ0v) is 36.7. The van der Waals surface area contributed by atoms with Gasteiger partial charge in [0.25, 0.3) is 0 Å². The second kappa shape index (κ2) is 45.0. The molecular weight excluding hydrogens is 683 g/mol. The summed E-state index contributed by atoms with van der Waals surface area (Å²) in [6.45, 7) is 4.81. The molecule has 2 unspecified atom stereocenters. The molecule has 324 valence electrons. The average Bonchev–Trinajstić information content (AvgIpc) is 3.18. The van der Waals surface area contributed by atoms with Crippen LogP contribution in [0.3, 0.4) is 0 Å². The maximum absolute atomic E-state index is 12.4. The van der Waals surface area contributed by atoms with E-state index < -0.39 is 12.1 Å². The molecule has 0 aromatic carbocycles. The minimum absolute atomic E-state index is 0.0304. The summed E-state index contributed by atoms with van der Waals surface area (Å²) in [5.41, 5.74) is 0. The predicted octanol–water partition coefficient (Wildman–Crippen LogP) is 14.0. The van der Waals surface area contributed by atoms with Crippen LogP contribution in [0.5, 0.6) is 0 Å². The summed E-state index contributed by atoms with van der Waals surface area (Å²) in [5.74, 6) is -0.129. The minimum Gasteiger partial charge on any atom is -0.466 e. The molecule has 0 aliphatic heterocycles. The van der Waals surface area contributed by atoms with E-state index in [0.717, 1.165) is 83.5 Å². The van der Waals surface area contributed by atoms with Crippen LogP contribution in [0.15, 0.2) is 24.3 Å². The maximum Gasteiger partial charge on any atom is 0.305 e. The van der Waals surface area contributed by atoms with Gasteiger partial charge >= 0.3 is 5.97 Å². The molecule has 6 heteroatoms. The van der Waals surface area contributed by atoms with Gasteiger partial charge in [0.1, 0.15) is 0 Å². The Bertz CT molecular complexity index is 858. The van der Waals surface area contributed by atoms with Gasteiger partial charge in [0, 0.05) is 12.8 Å². The van der Waals surface area contributed by atoms with Crippen molar-refractivity contribution in [2.75, 3.05) is 13.2 Å². The van der Waals surface area contributed by atoms with Gasteiger partial charge in [0.15, 0.2) is 0 Å². The summed E-state index contributed by atoms with van der Waals surface area (Å²) in [6, 6.07) is -0.646. The number of aliphatic hydroxyl groups is 2. The Morgan fingerprint density at radius 3 is 1.29 bits per heavy atom. The van der Waals surface area contributed by atoms with Crippen LogP contribution in [-0.2, 0) is 14.3 Å². The molecule has 0 spiro atoms. The van der Waals surface area contributed by atoms with E-state index in [-0.39, 0.29) is 18.5 Å². The fourth-order valence-corrected chi connectivity index (χ4v) is 7.21. The number of hydrogen-bond acceptors (Lipinski definition) is 5. The third-order valence-corrected chi connectivity index (χ3v) is 11.0. The molecular formula is C49H93NO5. The Labute approximate surface area is 341 Å². The first-order chi connectivity index (χ1) is 27.0. The lowest BCUT2D eigenvalue weighted by Gasteiger charge is -2.20. The van der Waals surface area contributed by atoms with Gasteiger partial charge in [0.05, 0.1) is 25.4 Å². The van der Waals surface area contributed by atoms with Crippen LogP contribution in [0.2, 0.25) is 0 Å². The highest BCUT2D eigenvalue weighted by atomic mass is 16.5. The highest BCUT2D eigenvalue weighted by molar-refractivity contribution is 5.76. The minimum atomic E-state index is -0.860. The van der Waals surface area contributed by atoms with Crippen molar-refractivity contribution in [1.29, 1.82) is 0 Å². The second-order valence-electron chi connectivity index (χ2n) is 16.4. The molecule has 0 radical (unpaired) electrons. The molecule has 0 saturated heterocycles. The first kappa shape index (κ1) is 53.3. The van der Waals surface area contributed by atoms with Gasteiger partial charge in [0.2, 0.25) is 5.91 Å². The topological polar surface area (TPSA) is 95.9 Å². The first-order valence-corrected chi connectivity index (χ1v) is 24.1. The van der Waals surface area contributed by atoms with E-state index in [0.29, 0.717) is 19.4 Å². The first-order valence-electron chi connectivity index (χ1n) is 24.1. The van der Waals surface area contributed by atoms with E-state index in [1.807, 2.05) is 6.08 Å². The lowest BCUT2D eigenvalue weighted by atomic mass is 10.0. The highest BCUT2D eigenvalue weighted by Crippen LogP contribution is 2.15. The normalized spacial score (nSPS) is 12.9. The van der Waals surface area contributed by atoms with Gasteiger partial charge in [-0.1, -0.05) is 205 Å². The summed E-state index contributed by atoms with van der Waals surface area (Å²) in [5, 5.41) is 22.9. The third-order valence-electron chi connectivity index (χ3n) is 11.0. The van der Waals surface area contributed by atoms with Gasteiger partial charge in [-0.05, 0) is 57.8 Å². The lowest BCUT2D eigenvalue weighted by Crippen LogP contribution is -2.45. The molecule has 0 saturated carbocycles. The monoisotopic (exact) mass is 776 g/mol. The zero-order valence-electron chi connectivity index (χ0n) is 36.7. The van der Waals surface area contributed by atoms with Crippen LogP contribution in [0.1, 0.15) is 251 Å². The smallest absolute Gasteiger partial charge is 0.305 e. The van der Waals surface area contributed by atoms with Gasteiger partial charge < -0.3 is 20.3 Å². The van der Waals surface area contributed by atoms with Crippen LogP contribution >= 0.6 is 0 Å². The van der Waals surface area contributed by atoms with Crippen LogP contribution in [-0.4, -0.2) is 47.4 Å². The number of carbonyl (C=O) groups excluding carboxylic acids is 2. The van der Waals surface area contributed by atoms with E-state index in [1.54, 1.807) is 6.08 Å². The van der Waals surface area contributed by atoms with Crippen molar-refractivity contribution in [3.05, 3.63) is 24.3 Å². The van der Waals surface area contributed by atoms with Crippen molar-refractivity contribution < 1.29 is 24.5 Å². The van der Waals surface area contributed by atoms with Crippen molar-refractivity contribution in [2.45, 2.75) is 264 Å². The standard InChI is InChI=1S/C49H93NO5/c1-3-5-7-9-11-13-15-16-17-18-19-23-27-31-35-39-43-49(54)55-44-40-36-32-28-24-20-22-26-30-34-38-42-48(53)50-46(45-51)47(52)41-37-33-29-25-21-14-12-10-8-6-4-2/h24,28,37,41,46-47,51-52H,3-23,25-27,29-36,38-40,42-45H2,1-2H3,(H,50,53)/b28-24-,41-37+. The largest absolute Gasteiger partial charge is 0.466 e. The van der Waals surface area contributed by atoms with Gasteiger partial charge in [-0.2, -0.15) is 0 Å². The summed E-state index contributed by atoms with van der Waals surface area (Å²) >= 11 is 0. The van der Waals surface area contributed by atoms with Crippen LogP contribution in [0.4, 0.5) is 0 Å². The molecule has 0 aromatic rings. The fourth-order valence-electron chi connectivity index (χ4n) is 7.21. The Kier molecular flexibility index (Phi) is 43.7. The van der Waals surface area contributed by atoms with Gasteiger partial charge in [-0.25, -0.2) is 0 Å². The average molecular weight is 776 g/mol. The van der Waals surface area contributed by atoms with Crippen molar-refractivity contribution in [3.8, 4) is 0 Å². The van der Waals surface area contributed by atoms with E-state index >= 15 is 0 Å². The molecule has 1 amide bonds. The molecule has 0 aliphatic carbocycles. The maximum atomic E-state index is 12.4. The molecule has 6 nitrogen and oxygen atoms in total. The molecule has 3 N–H and O–H groups in total. The molecule has 0 fully saturated rings. The van der Waals surface area contributed by atoms with Crippen LogP contribution in [0.25, 0.3) is 0 Å². The molecule has 0 rings (SSSR count). The Balaban J connectivity index is 3.52. The third kappa shape index (κ3) is 41.8. The van der Waals surface area contributed by atoms with Crippen molar-refractivity contribution in [3.63, 3.8) is 0 Å². The van der Waals surface area contributed by atoms with Crippen molar-refractivity contribution in [2.24, 2.45) is 0 Å². The summed E-state index contributed by atoms with van der Waals surface area (Å²) < 4.78 is 5.43. The van der Waals surface area contributed by atoms with E-state index in [9.17, 15) is 19.8 Å². The summed E-state index contributed by atoms with van der Waals surface area (Å²) in [4.78, 5) is 24.4. The number of nitrogens with one attached hydrogen (secondary N) is 1. The zero-order chi connectivity index (χ0) is 40.1. The lowest BCUT2D eigenvalue weighted by molar-refractivity contribution is -0.143. The van der Waals surface area contributed by atoms with Crippen LogP contribution in [0, 0.1) is 0 Å². The molecule has 0 bridgehead atoms. The summed E-state index contributed by atoms with van der Waals surface area (Å²) in [6.07, 6.45) is 51.7. The number of ether oxygens (including phenoxy) is 1. The number of carbonyl (C=O) groups is 2. The van der Waals surface area contributed by atoms with Crippen LogP contribution < -0.4 is 5.32 Å². The number of amides is 1. The van der Waals surface area contributed by atoms with Gasteiger partial charge in [-0.3, -0.25) is 9.59 Å². The Morgan fingerprint density at radius 2 is 0.855 bits per heavy atom. The number of aliphatic hydroxyl groups excluding tert-OH is 2. The van der Waals surface area contributed by atoms with E-state index in [2.05, 4.69) is 31.3 Å². The summed E-state index contributed by atoms with van der Waals surface area (Å²) in [7, 11) is 0. The van der Waals surface area contributed by atoms with E-state index in [1.165, 1.54) is 141 Å². The number of allylic oxidation sites excluding steroid dienone is 3. The SMILES string of the molecule is CCCCCCCCCCC/C=C/C(O)C(CO)NC(=O)CCCCCCC/C=C\CCCCOC(=O)CCCCCCCCCCCCCCCCCC. The molecule has 2 atom stereocenters. The molecule has 0 aromatic heterocycles. The van der Waals surface area contributed by atoms with Crippen molar-refractivity contribution in [1.82, 2.24) is 5.32 Å². The number of hydrogen-bond donors (Lipinski definition) is 3. The number of esters is 1. The predicted molar refractivity (Wildman–Crippen MR) is 236 cm³/mol. The highest BCUT2D eigenvalue weighted by Gasteiger charge is 2.18. The van der Waals surface area contributed by atoms with E-state index in [4.69, 9.17) is 4.74 Å². The fraction of sp³-hybridized carbons (Fsp3) is 0.878. The molecule has 0 aliphatic rings. The van der Waals surface area contributed by atoms with Gasteiger partial charge in [-0.15, -0.1) is 0 Å². The molecule has 0 heterocycles. The van der Waals surface area contributed by atoms with Crippen molar-refractivity contribution >= 4 is 11.9 Å².